The number of rotatable bonds is 6. The van der Waals surface area contributed by atoms with Crippen molar-refractivity contribution in [3.8, 4) is 22.4 Å². The van der Waals surface area contributed by atoms with Crippen molar-refractivity contribution in [3.05, 3.63) is 71.7 Å². The number of hydrogen-bond acceptors (Lipinski definition) is 2. The van der Waals surface area contributed by atoms with Crippen LogP contribution in [0.25, 0.3) is 22.4 Å². The fraction of sp³-hybridized carbons (Fsp3) is 0.370. The van der Waals surface area contributed by atoms with Crippen molar-refractivity contribution in [2.75, 3.05) is 0 Å². The normalized spacial score (nSPS) is 16.5. The van der Waals surface area contributed by atoms with Gasteiger partial charge < -0.3 is 9.30 Å². The van der Waals surface area contributed by atoms with E-state index in [1.807, 2.05) is 18.2 Å². The number of aromatic nitrogens is 1. The van der Waals surface area contributed by atoms with Crippen LogP contribution in [0.2, 0.25) is 0 Å². The van der Waals surface area contributed by atoms with E-state index in [4.69, 9.17) is 4.74 Å². The van der Waals surface area contributed by atoms with Gasteiger partial charge in [0, 0.05) is 30.6 Å². The molecule has 0 radical (unpaired) electrons. The fourth-order valence-corrected chi connectivity index (χ4v) is 4.86. The Labute approximate surface area is 183 Å². The Hall–Kier alpha value is -2.88. The lowest BCUT2D eigenvalue weighted by molar-refractivity contribution is -0.154. The van der Waals surface area contributed by atoms with Crippen molar-refractivity contribution in [1.82, 2.24) is 4.57 Å². The molecule has 0 spiro atoms. The van der Waals surface area contributed by atoms with Crippen molar-refractivity contribution >= 4 is 5.97 Å². The van der Waals surface area contributed by atoms with Gasteiger partial charge >= 0.3 is 5.97 Å². The van der Waals surface area contributed by atoms with Crippen LogP contribution < -0.4 is 0 Å². The van der Waals surface area contributed by atoms with Gasteiger partial charge in [-0.05, 0) is 66.6 Å². The molecule has 3 aromatic rings. The van der Waals surface area contributed by atoms with Crippen molar-refractivity contribution in [1.29, 1.82) is 0 Å². The lowest BCUT2D eigenvalue weighted by Gasteiger charge is -2.24. The molecule has 0 N–H and O–H groups in total. The zero-order valence-electron chi connectivity index (χ0n) is 18.5. The average Bonchev–Trinajstić information content (AvgIpc) is 3.05. The predicted octanol–water partition coefficient (Wildman–Crippen LogP) is 6.88. The highest BCUT2D eigenvalue weighted by molar-refractivity contribution is 5.85. The van der Waals surface area contributed by atoms with Crippen LogP contribution in [0.3, 0.4) is 0 Å². The molecule has 2 heterocycles. The quantitative estimate of drug-likeness (QED) is 0.408. The first-order valence-corrected chi connectivity index (χ1v) is 11.2. The average molecular weight is 420 g/mol. The third-order valence-electron chi connectivity index (χ3n) is 6.16. The second-order valence-electron chi connectivity index (χ2n) is 8.71. The third-order valence-corrected chi connectivity index (χ3v) is 6.16. The summed E-state index contributed by atoms with van der Waals surface area (Å²) in [5.41, 5.74) is 6.98. The second-order valence-corrected chi connectivity index (χ2v) is 8.71. The minimum atomic E-state index is -0.238. The van der Waals surface area contributed by atoms with Gasteiger partial charge in [-0.1, -0.05) is 44.2 Å². The molecule has 1 atom stereocenters. The van der Waals surface area contributed by atoms with Gasteiger partial charge in [0.25, 0.3) is 0 Å². The monoisotopic (exact) mass is 419 g/mol. The molecule has 1 fully saturated rings. The van der Waals surface area contributed by atoms with Gasteiger partial charge in [-0.3, -0.25) is 4.79 Å². The summed E-state index contributed by atoms with van der Waals surface area (Å²) in [4.78, 5) is 11.8. The molecule has 1 aromatic heterocycles. The predicted molar refractivity (Wildman–Crippen MR) is 122 cm³/mol. The maximum atomic E-state index is 13.7. The Morgan fingerprint density at radius 3 is 2.42 bits per heavy atom. The van der Waals surface area contributed by atoms with E-state index in [1.54, 1.807) is 0 Å². The van der Waals surface area contributed by atoms with Crippen LogP contribution >= 0.6 is 0 Å². The number of carbonyl (C=O) groups is 1. The molecule has 1 saturated heterocycles. The Balaban J connectivity index is 1.84. The molecule has 162 valence electrons. The summed E-state index contributed by atoms with van der Waals surface area (Å²) in [6.07, 6.45) is 3.08. The number of halogens is 1. The van der Waals surface area contributed by atoms with E-state index in [2.05, 4.69) is 49.6 Å². The SMILES string of the molecule is Cc1c(-c2ccccc2)c(-c2ccc(F)cc2)n(CC[C@@H]2CCCC(=O)O2)c1C(C)C. The number of carbonyl (C=O) groups excluding carboxylic acids is 1. The second kappa shape index (κ2) is 9.09. The van der Waals surface area contributed by atoms with Crippen LogP contribution in [0.4, 0.5) is 4.39 Å². The van der Waals surface area contributed by atoms with Gasteiger partial charge in [0.15, 0.2) is 0 Å². The number of nitrogens with zero attached hydrogens (tertiary/aromatic N) is 1. The van der Waals surface area contributed by atoms with Gasteiger partial charge in [0.05, 0.1) is 5.69 Å². The molecule has 0 bridgehead atoms. The highest BCUT2D eigenvalue weighted by atomic mass is 19.1. The number of esters is 1. The van der Waals surface area contributed by atoms with E-state index in [1.165, 1.54) is 29.0 Å². The van der Waals surface area contributed by atoms with E-state index in [0.29, 0.717) is 12.3 Å². The highest BCUT2D eigenvalue weighted by Crippen LogP contribution is 2.41. The molecule has 0 aliphatic carbocycles. The van der Waals surface area contributed by atoms with Crippen molar-refractivity contribution < 1.29 is 13.9 Å². The molecule has 31 heavy (non-hydrogen) atoms. The summed E-state index contributed by atoms with van der Waals surface area (Å²) in [6, 6.07) is 17.2. The smallest absolute Gasteiger partial charge is 0.306 e. The van der Waals surface area contributed by atoms with Gasteiger partial charge in [0.1, 0.15) is 11.9 Å². The molecular formula is C27H30FNO2. The van der Waals surface area contributed by atoms with E-state index in [9.17, 15) is 9.18 Å². The summed E-state index contributed by atoms with van der Waals surface area (Å²) in [7, 11) is 0. The molecule has 0 saturated carbocycles. The molecule has 4 heteroatoms. The number of cyclic esters (lactones) is 1. The van der Waals surface area contributed by atoms with E-state index < -0.39 is 0 Å². The van der Waals surface area contributed by atoms with Crippen molar-refractivity contribution in [2.24, 2.45) is 0 Å². The minimum absolute atomic E-state index is 0.0368. The molecular weight excluding hydrogens is 389 g/mol. The maximum absolute atomic E-state index is 13.7. The largest absolute Gasteiger partial charge is 0.462 e. The zero-order chi connectivity index (χ0) is 22.0. The standard InChI is InChI=1S/C27H30FNO2/c1-18(2)26-19(3)25(20-8-5-4-6-9-20)27(21-12-14-22(28)15-13-21)29(26)17-16-23-10-7-11-24(30)31-23/h4-6,8-9,12-15,18,23H,7,10-11,16-17H2,1-3H3/t23-/m0/s1. The van der Waals surface area contributed by atoms with Crippen LogP contribution in [-0.4, -0.2) is 16.6 Å². The lowest BCUT2D eigenvalue weighted by atomic mass is 9.96. The Kier molecular flexibility index (Phi) is 6.26. The molecule has 1 aliphatic rings. The van der Waals surface area contributed by atoms with Crippen LogP contribution in [-0.2, 0) is 16.1 Å². The van der Waals surface area contributed by atoms with E-state index in [0.717, 1.165) is 42.6 Å². The fourth-order valence-electron chi connectivity index (χ4n) is 4.86. The molecule has 2 aromatic carbocycles. The van der Waals surface area contributed by atoms with Crippen molar-refractivity contribution in [2.45, 2.75) is 65.0 Å². The summed E-state index contributed by atoms with van der Waals surface area (Å²) < 4.78 is 21.7. The van der Waals surface area contributed by atoms with E-state index in [-0.39, 0.29) is 17.9 Å². The van der Waals surface area contributed by atoms with Gasteiger partial charge in [-0.2, -0.15) is 0 Å². The number of hydrogen-bond donors (Lipinski definition) is 0. The summed E-state index contributed by atoms with van der Waals surface area (Å²) in [5.74, 6) is -0.00337. The van der Waals surface area contributed by atoms with Gasteiger partial charge in [0.2, 0.25) is 0 Å². The number of benzene rings is 2. The Morgan fingerprint density at radius 1 is 1.06 bits per heavy atom. The molecule has 3 nitrogen and oxygen atoms in total. The minimum Gasteiger partial charge on any atom is -0.462 e. The maximum Gasteiger partial charge on any atom is 0.306 e. The van der Waals surface area contributed by atoms with Gasteiger partial charge in [-0.15, -0.1) is 0 Å². The summed E-state index contributed by atoms with van der Waals surface area (Å²) >= 11 is 0. The molecule has 0 unspecified atom stereocenters. The van der Waals surface area contributed by atoms with Crippen molar-refractivity contribution in [3.63, 3.8) is 0 Å². The van der Waals surface area contributed by atoms with Crippen LogP contribution in [0.1, 0.15) is 56.7 Å². The van der Waals surface area contributed by atoms with Crippen LogP contribution in [0, 0.1) is 12.7 Å². The van der Waals surface area contributed by atoms with Gasteiger partial charge in [-0.25, -0.2) is 4.39 Å². The highest BCUT2D eigenvalue weighted by Gasteiger charge is 2.26. The summed E-state index contributed by atoms with van der Waals surface area (Å²) in [5, 5.41) is 0. The Morgan fingerprint density at radius 2 is 1.77 bits per heavy atom. The first-order valence-electron chi connectivity index (χ1n) is 11.2. The Bertz CT molecular complexity index is 1050. The van der Waals surface area contributed by atoms with Crippen LogP contribution in [0.5, 0.6) is 0 Å². The molecule has 0 amide bonds. The topological polar surface area (TPSA) is 31.2 Å². The van der Waals surface area contributed by atoms with E-state index >= 15 is 0 Å². The number of ether oxygens (including phenoxy) is 1. The first-order chi connectivity index (χ1) is 15.0. The third kappa shape index (κ3) is 4.43. The first kappa shape index (κ1) is 21.4. The molecule has 4 rings (SSSR count). The van der Waals surface area contributed by atoms with Crippen LogP contribution in [0.15, 0.2) is 54.6 Å². The lowest BCUT2D eigenvalue weighted by Crippen LogP contribution is -2.25. The molecule has 1 aliphatic heterocycles. The summed E-state index contributed by atoms with van der Waals surface area (Å²) in [6.45, 7) is 7.36. The zero-order valence-corrected chi connectivity index (χ0v) is 18.5.